The van der Waals surface area contributed by atoms with E-state index in [4.69, 9.17) is 9.47 Å². The van der Waals surface area contributed by atoms with Gasteiger partial charge in [0, 0.05) is 12.6 Å². The summed E-state index contributed by atoms with van der Waals surface area (Å²) < 4.78 is 11.7. The van der Waals surface area contributed by atoms with E-state index in [1.54, 1.807) is 17.9 Å². The normalized spacial score (nSPS) is 30.4. The van der Waals surface area contributed by atoms with Crippen LogP contribution in [-0.2, 0) is 23.9 Å². The number of benzene rings is 1. The summed E-state index contributed by atoms with van der Waals surface area (Å²) in [5, 5.41) is 10.4. The van der Waals surface area contributed by atoms with Crippen LogP contribution in [-0.4, -0.2) is 76.2 Å². The first kappa shape index (κ1) is 24.4. The molecule has 1 N–H and O–H groups in total. The molecule has 3 saturated heterocycles. The first-order valence-electron chi connectivity index (χ1n) is 12.1. The monoisotopic (exact) mass is 470 g/mol. The third kappa shape index (κ3) is 3.64. The Morgan fingerprint density at radius 1 is 1.35 bits per heavy atom. The summed E-state index contributed by atoms with van der Waals surface area (Å²) >= 11 is 0. The molecule has 1 aromatic carbocycles. The second-order valence-corrected chi connectivity index (χ2v) is 9.54. The third-order valence-electron chi connectivity index (χ3n) is 7.46. The summed E-state index contributed by atoms with van der Waals surface area (Å²) in [5.74, 6) is -2.65. The summed E-state index contributed by atoms with van der Waals surface area (Å²) in [6.07, 6.45) is 2.26. The molecular weight excluding hydrogens is 436 g/mol. The van der Waals surface area contributed by atoms with Crippen LogP contribution in [0, 0.1) is 11.8 Å². The quantitative estimate of drug-likeness (QED) is 0.439. The van der Waals surface area contributed by atoms with Gasteiger partial charge in [0.05, 0.1) is 37.2 Å². The van der Waals surface area contributed by atoms with Crippen LogP contribution in [0.15, 0.2) is 43.0 Å². The average molecular weight is 471 g/mol. The number of ether oxygens (including phenoxy) is 2. The first-order valence-corrected chi connectivity index (χ1v) is 12.1. The fourth-order valence-corrected chi connectivity index (χ4v) is 6.09. The maximum atomic E-state index is 14.1. The number of fused-ring (bicyclic) bond motifs is 1. The highest BCUT2D eigenvalue weighted by molar-refractivity contribution is 5.98. The van der Waals surface area contributed by atoms with Gasteiger partial charge in [-0.15, -0.1) is 6.58 Å². The van der Waals surface area contributed by atoms with Crippen LogP contribution in [0.3, 0.4) is 0 Å². The Morgan fingerprint density at radius 3 is 2.65 bits per heavy atom. The molecule has 34 heavy (non-hydrogen) atoms. The lowest BCUT2D eigenvalue weighted by atomic mass is 9.70. The van der Waals surface area contributed by atoms with Gasteiger partial charge in [0.25, 0.3) is 0 Å². The number of likely N-dealkylation sites (tertiary alicyclic amines) is 1. The molecular formula is C26H34N2O6. The van der Waals surface area contributed by atoms with Gasteiger partial charge >= 0.3 is 5.97 Å². The molecule has 0 aliphatic carbocycles. The maximum Gasteiger partial charge on any atom is 0.312 e. The molecule has 1 spiro atoms. The van der Waals surface area contributed by atoms with Crippen LogP contribution >= 0.6 is 0 Å². The second kappa shape index (κ2) is 9.50. The van der Waals surface area contributed by atoms with Crippen molar-refractivity contribution < 1.29 is 29.0 Å². The van der Waals surface area contributed by atoms with Crippen LogP contribution in [0.25, 0.3) is 0 Å². The highest BCUT2D eigenvalue weighted by Crippen LogP contribution is 2.60. The summed E-state index contributed by atoms with van der Waals surface area (Å²) in [6.45, 7) is 9.48. The number of esters is 1. The molecule has 1 aromatic rings. The number of hydrogen-bond donors (Lipinski definition) is 1. The summed E-state index contributed by atoms with van der Waals surface area (Å²) in [6, 6.07) is 7.32. The van der Waals surface area contributed by atoms with Gasteiger partial charge in [-0.05, 0) is 39.2 Å². The van der Waals surface area contributed by atoms with Crippen molar-refractivity contribution in [2.24, 2.45) is 11.8 Å². The Bertz CT molecular complexity index is 950. The maximum absolute atomic E-state index is 14.1. The summed E-state index contributed by atoms with van der Waals surface area (Å²) in [4.78, 5) is 44.3. The number of carbonyl (C=O) groups excluding carboxylic acids is 3. The lowest BCUT2D eigenvalue weighted by Gasteiger charge is -2.40. The Labute approximate surface area is 200 Å². The van der Waals surface area contributed by atoms with E-state index in [0.29, 0.717) is 19.4 Å². The Balaban J connectivity index is 1.84. The molecule has 3 aliphatic rings. The van der Waals surface area contributed by atoms with Crippen molar-refractivity contribution in [3.8, 4) is 0 Å². The van der Waals surface area contributed by atoms with Crippen molar-refractivity contribution in [3.63, 3.8) is 0 Å². The Kier molecular flexibility index (Phi) is 6.82. The molecule has 8 nitrogen and oxygen atoms in total. The van der Waals surface area contributed by atoms with Crippen LogP contribution < -0.4 is 0 Å². The number of carbonyl (C=O) groups is 3. The molecule has 6 atom stereocenters. The molecule has 3 aliphatic heterocycles. The predicted octanol–water partition coefficient (Wildman–Crippen LogP) is 2.08. The average Bonchev–Trinajstić information content (AvgIpc) is 3.46. The molecule has 0 radical (unpaired) electrons. The van der Waals surface area contributed by atoms with Gasteiger partial charge in [0.2, 0.25) is 11.8 Å². The number of amides is 2. The zero-order valence-corrected chi connectivity index (χ0v) is 20.1. The van der Waals surface area contributed by atoms with E-state index in [1.165, 1.54) is 4.90 Å². The standard InChI is InChI=1S/C26H34N2O6/c1-5-14-27(16(3)4)24(31)22-26-13-12-19(34-26)20(25(32)33-6-2)21(26)23(30)28(22)18(15-29)17-10-8-7-9-11-17/h5,7-11,16,18-22,29H,1,6,12-15H2,2-4H3/t18-,19-,20+,21+,22-,26+/m1/s1. The van der Waals surface area contributed by atoms with Crippen LogP contribution in [0.5, 0.6) is 0 Å². The molecule has 184 valence electrons. The smallest absolute Gasteiger partial charge is 0.312 e. The van der Waals surface area contributed by atoms with Gasteiger partial charge in [-0.3, -0.25) is 14.4 Å². The summed E-state index contributed by atoms with van der Waals surface area (Å²) in [7, 11) is 0. The van der Waals surface area contributed by atoms with E-state index in [-0.39, 0.29) is 31.1 Å². The Hall–Kier alpha value is -2.71. The van der Waals surface area contributed by atoms with E-state index in [0.717, 1.165) is 5.56 Å². The van der Waals surface area contributed by atoms with Crippen molar-refractivity contribution >= 4 is 17.8 Å². The Morgan fingerprint density at radius 2 is 2.06 bits per heavy atom. The molecule has 3 heterocycles. The van der Waals surface area contributed by atoms with E-state index >= 15 is 0 Å². The van der Waals surface area contributed by atoms with Gasteiger partial charge in [0.15, 0.2) is 0 Å². The van der Waals surface area contributed by atoms with Crippen molar-refractivity contribution in [1.82, 2.24) is 9.80 Å². The number of hydrogen-bond acceptors (Lipinski definition) is 6. The van der Waals surface area contributed by atoms with Crippen molar-refractivity contribution in [3.05, 3.63) is 48.6 Å². The molecule has 0 saturated carbocycles. The number of aliphatic hydroxyl groups is 1. The minimum Gasteiger partial charge on any atom is -0.466 e. The third-order valence-corrected chi connectivity index (χ3v) is 7.46. The van der Waals surface area contributed by atoms with Crippen molar-refractivity contribution in [2.75, 3.05) is 19.8 Å². The van der Waals surface area contributed by atoms with Gasteiger partial charge in [0.1, 0.15) is 11.6 Å². The molecule has 4 rings (SSSR count). The minimum absolute atomic E-state index is 0.137. The zero-order valence-electron chi connectivity index (χ0n) is 20.1. The zero-order chi connectivity index (χ0) is 24.6. The van der Waals surface area contributed by atoms with E-state index in [9.17, 15) is 19.5 Å². The van der Waals surface area contributed by atoms with Crippen LogP contribution in [0.4, 0.5) is 0 Å². The highest BCUT2D eigenvalue weighted by Gasteiger charge is 2.75. The molecule has 8 heteroatoms. The highest BCUT2D eigenvalue weighted by atomic mass is 16.6. The van der Waals surface area contributed by atoms with Crippen molar-refractivity contribution in [2.45, 2.75) is 63.4 Å². The van der Waals surface area contributed by atoms with Crippen molar-refractivity contribution in [1.29, 1.82) is 0 Å². The van der Waals surface area contributed by atoms with Crippen LogP contribution in [0.2, 0.25) is 0 Å². The largest absolute Gasteiger partial charge is 0.466 e. The number of nitrogens with zero attached hydrogens (tertiary/aromatic N) is 2. The fraction of sp³-hybridized carbons (Fsp3) is 0.577. The number of rotatable bonds is 9. The van der Waals surface area contributed by atoms with Gasteiger partial charge in [-0.25, -0.2) is 0 Å². The van der Waals surface area contributed by atoms with E-state index in [1.807, 2.05) is 44.2 Å². The number of aliphatic hydroxyl groups excluding tert-OH is 1. The molecule has 2 bridgehead atoms. The molecule has 2 amide bonds. The second-order valence-electron chi connectivity index (χ2n) is 9.54. The first-order chi connectivity index (χ1) is 16.3. The topological polar surface area (TPSA) is 96.4 Å². The minimum atomic E-state index is -1.13. The van der Waals surface area contributed by atoms with E-state index in [2.05, 4.69) is 6.58 Å². The SMILES string of the molecule is C=CCN(C(=O)[C@H]1N([C@H](CO)c2ccccc2)C(=O)[C@@H]2[C@@H](C(=O)OCC)[C@H]3CC[C@]21O3)C(C)C. The summed E-state index contributed by atoms with van der Waals surface area (Å²) in [5.41, 5.74) is -0.415. The van der Waals surface area contributed by atoms with E-state index < -0.39 is 41.6 Å². The molecule has 3 fully saturated rings. The fourth-order valence-electron chi connectivity index (χ4n) is 6.09. The van der Waals surface area contributed by atoms with Gasteiger partial charge in [-0.1, -0.05) is 36.4 Å². The van der Waals surface area contributed by atoms with Crippen LogP contribution in [0.1, 0.15) is 45.2 Å². The lowest BCUT2D eigenvalue weighted by Crippen LogP contribution is -2.58. The van der Waals surface area contributed by atoms with Gasteiger partial charge < -0.3 is 24.4 Å². The molecule has 0 unspecified atom stereocenters. The van der Waals surface area contributed by atoms with Gasteiger partial charge in [-0.2, -0.15) is 0 Å². The predicted molar refractivity (Wildman–Crippen MR) is 124 cm³/mol. The molecule has 0 aromatic heterocycles. The lowest BCUT2D eigenvalue weighted by molar-refractivity contribution is -0.156.